The van der Waals surface area contributed by atoms with Crippen LogP contribution in [0, 0.1) is 13.8 Å². The number of hydrogen-bond acceptors (Lipinski definition) is 7. The van der Waals surface area contributed by atoms with E-state index in [2.05, 4.69) is 19.7 Å². The van der Waals surface area contributed by atoms with Crippen molar-refractivity contribution in [3.05, 3.63) is 71.4 Å². The van der Waals surface area contributed by atoms with E-state index in [0.29, 0.717) is 33.2 Å². The summed E-state index contributed by atoms with van der Waals surface area (Å²) in [5, 5.41) is 0. The standard InChI is InChI=1S/C21H21N5O3S2/c1-4-18-9-10-21(30-18)31(27,28)25-16-5-7-17(8-6-16)29-20-13-19(23-14(2)24-20)26-12-11-22-15(26)3/h5-13,25H,4H2,1-3H3. The van der Waals surface area contributed by atoms with E-state index >= 15 is 0 Å². The Kier molecular flexibility index (Phi) is 5.75. The molecular formula is C21H21N5O3S2. The quantitative estimate of drug-likeness (QED) is 0.441. The Hall–Kier alpha value is -3.24. The Morgan fingerprint density at radius 1 is 1.10 bits per heavy atom. The van der Waals surface area contributed by atoms with E-state index < -0.39 is 10.0 Å². The van der Waals surface area contributed by atoms with Crippen LogP contribution in [0.25, 0.3) is 5.82 Å². The van der Waals surface area contributed by atoms with Crippen molar-refractivity contribution < 1.29 is 13.2 Å². The summed E-state index contributed by atoms with van der Waals surface area (Å²) in [7, 11) is -3.62. The van der Waals surface area contributed by atoms with Gasteiger partial charge in [-0.15, -0.1) is 11.3 Å². The van der Waals surface area contributed by atoms with Crippen molar-refractivity contribution in [2.45, 2.75) is 31.4 Å². The van der Waals surface area contributed by atoms with Gasteiger partial charge in [-0.25, -0.2) is 18.4 Å². The van der Waals surface area contributed by atoms with Crippen LogP contribution >= 0.6 is 11.3 Å². The molecule has 0 unspecified atom stereocenters. The molecule has 0 bridgehead atoms. The Labute approximate surface area is 184 Å². The van der Waals surface area contributed by atoms with E-state index in [4.69, 9.17) is 4.74 Å². The molecule has 8 nitrogen and oxygen atoms in total. The van der Waals surface area contributed by atoms with Crippen LogP contribution in [0.15, 0.2) is 59.1 Å². The molecule has 0 radical (unpaired) electrons. The minimum absolute atomic E-state index is 0.295. The summed E-state index contributed by atoms with van der Waals surface area (Å²) >= 11 is 1.27. The van der Waals surface area contributed by atoms with Gasteiger partial charge in [-0.1, -0.05) is 6.92 Å². The Morgan fingerprint density at radius 2 is 1.87 bits per heavy atom. The molecular weight excluding hydrogens is 434 g/mol. The number of aromatic nitrogens is 4. The zero-order valence-electron chi connectivity index (χ0n) is 17.2. The number of rotatable bonds is 7. The number of ether oxygens (including phenoxy) is 1. The van der Waals surface area contributed by atoms with Gasteiger partial charge in [0, 0.05) is 29.0 Å². The zero-order valence-corrected chi connectivity index (χ0v) is 18.9. The molecule has 10 heteroatoms. The summed E-state index contributed by atoms with van der Waals surface area (Å²) in [5.41, 5.74) is 0.451. The van der Waals surface area contributed by atoms with E-state index in [0.717, 1.165) is 17.1 Å². The first kappa shape index (κ1) is 21.0. The van der Waals surface area contributed by atoms with Crippen molar-refractivity contribution in [1.82, 2.24) is 19.5 Å². The first-order chi connectivity index (χ1) is 14.8. The zero-order chi connectivity index (χ0) is 22.0. The average Bonchev–Trinajstić information content (AvgIpc) is 3.38. The predicted octanol–water partition coefficient (Wildman–Crippen LogP) is 4.50. The third kappa shape index (κ3) is 4.75. The lowest BCUT2D eigenvalue weighted by atomic mass is 10.3. The third-order valence-electron chi connectivity index (χ3n) is 4.45. The van der Waals surface area contributed by atoms with Crippen molar-refractivity contribution in [3.8, 4) is 17.4 Å². The minimum Gasteiger partial charge on any atom is -0.439 e. The largest absolute Gasteiger partial charge is 0.439 e. The fraction of sp³-hybridized carbons (Fsp3) is 0.190. The summed E-state index contributed by atoms with van der Waals surface area (Å²) in [6, 6.07) is 11.8. The van der Waals surface area contributed by atoms with Gasteiger partial charge in [0.25, 0.3) is 10.0 Å². The van der Waals surface area contributed by atoms with E-state index in [-0.39, 0.29) is 0 Å². The number of imidazole rings is 1. The van der Waals surface area contributed by atoms with Gasteiger partial charge in [0.2, 0.25) is 5.88 Å². The molecule has 0 aliphatic rings. The van der Waals surface area contributed by atoms with Gasteiger partial charge in [0.15, 0.2) is 0 Å². The highest BCUT2D eigenvalue weighted by Gasteiger charge is 2.17. The predicted molar refractivity (Wildman–Crippen MR) is 120 cm³/mol. The molecule has 3 heterocycles. The summed E-state index contributed by atoms with van der Waals surface area (Å²) < 4.78 is 35.7. The van der Waals surface area contributed by atoms with Gasteiger partial charge < -0.3 is 4.74 Å². The third-order valence-corrected chi connectivity index (χ3v) is 7.56. The van der Waals surface area contributed by atoms with Crippen LogP contribution in [-0.2, 0) is 16.4 Å². The van der Waals surface area contributed by atoms with E-state index in [1.54, 1.807) is 49.5 Å². The molecule has 0 aliphatic carbocycles. The number of nitrogens with zero attached hydrogens (tertiary/aromatic N) is 4. The van der Waals surface area contributed by atoms with Crippen LogP contribution in [0.5, 0.6) is 11.6 Å². The van der Waals surface area contributed by atoms with Crippen molar-refractivity contribution in [1.29, 1.82) is 0 Å². The SMILES string of the molecule is CCc1ccc(S(=O)(=O)Nc2ccc(Oc3cc(-n4ccnc4C)nc(C)n3)cc2)s1. The van der Waals surface area contributed by atoms with Crippen LogP contribution in [0.4, 0.5) is 5.69 Å². The fourth-order valence-electron chi connectivity index (χ4n) is 2.93. The van der Waals surface area contributed by atoms with Crippen molar-refractivity contribution in [3.63, 3.8) is 0 Å². The Balaban J connectivity index is 1.50. The number of thiophene rings is 1. The van der Waals surface area contributed by atoms with Crippen LogP contribution < -0.4 is 9.46 Å². The number of benzene rings is 1. The highest BCUT2D eigenvalue weighted by atomic mass is 32.2. The molecule has 160 valence electrons. The van der Waals surface area contributed by atoms with Gasteiger partial charge in [0.1, 0.15) is 27.4 Å². The van der Waals surface area contributed by atoms with Gasteiger partial charge in [-0.3, -0.25) is 9.29 Å². The highest BCUT2D eigenvalue weighted by molar-refractivity contribution is 7.94. The summed E-state index contributed by atoms with van der Waals surface area (Å²) in [5.74, 6) is 2.93. The van der Waals surface area contributed by atoms with Gasteiger partial charge >= 0.3 is 0 Å². The molecule has 0 fully saturated rings. The fourth-order valence-corrected chi connectivity index (χ4v) is 5.28. The Morgan fingerprint density at radius 3 is 2.52 bits per heavy atom. The molecule has 0 amide bonds. The van der Waals surface area contributed by atoms with Gasteiger partial charge in [-0.2, -0.15) is 4.98 Å². The molecule has 0 saturated heterocycles. The second kappa shape index (κ2) is 8.48. The number of sulfonamides is 1. The number of hydrogen-bond donors (Lipinski definition) is 1. The lowest BCUT2D eigenvalue weighted by Crippen LogP contribution is -2.11. The molecule has 31 heavy (non-hydrogen) atoms. The summed E-state index contributed by atoms with van der Waals surface area (Å²) in [6.07, 6.45) is 4.32. The molecule has 1 N–H and O–H groups in total. The molecule has 0 saturated carbocycles. The lowest BCUT2D eigenvalue weighted by Gasteiger charge is -2.10. The average molecular weight is 456 g/mol. The maximum atomic E-state index is 12.6. The molecule has 0 atom stereocenters. The molecule has 1 aromatic carbocycles. The van der Waals surface area contributed by atoms with Crippen molar-refractivity contribution in [2.24, 2.45) is 0 Å². The topological polar surface area (TPSA) is 99.0 Å². The molecule has 3 aromatic heterocycles. The number of anilines is 1. The maximum Gasteiger partial charge on any atom is 0.271 e. The number of aryl methyl sites for hydroxylation is 3. The molecule has 4 rings (SSSR count). The molecule has 0 aliphatic heterocycles. The molecule has 4 aromatic rings. The van der Waals surface area contributed by atoms with E-state index in [1.807, 2.05) is 30.7 Å². The van der Waals surface area contributed by atoms with Crippen LogP contribution in [0.2, 0.25) is 0 Å². The summed E-state index contributed by atoms with van der Waals surface area (Å²) in [4.78, 5) is 14.0. The van der Waals surface area contributed by atoms with Crippen LogP contribution in [0.1, 0.15) is 23.4 Å². The minimum atomic E-state index is -3.62. The first-order valence-electron chi connectivity index (χ1n) is 9.59. The lowest BCUT2D eigenvalue weighted by molar-refractivity contribution is 0.459. The van der Waals surface area contributed by atoms with Gasteiger partial charge in [-0.05, 0) is 56.7 Å². The van der Waals surface area contributed by atoms with Crippen molar-refractivity contribution in [2.75, 3.05) is 4.72 Å². The van der Waals surface area contributed by atoms with Crippen molar-refractivity contribution >= 4 is 27.0 Å². The first-order valence-corrected chi connectivity index (χ1v) is 11.9. The second-order valence-corrected chi connectivity index (χ2v) is 9.84. The Bertz CT molecular complexity index is 1310. The highest BCUT2D eigenvalue weighted by Crippen LogP contribution is 2.27. The normalized spacial score (nSPS) is 11.5. The maximum absolute atomic E-state index is 12.6. The molecule has 0 spiro atoms. The van der Waals surface area contributed by atoms with Crippen LogP contribution in [0.3, 0.4) is 0 Å². The number of nitrogens with one attached hydrogen (secondary N) is 1. The van der Waals surface area contributed by atoms with E-state index in [9.17, 15) is 8.42 Å². The van der Waals surface area contributed by atoms with Gasteiger partial charge in [0.05, 0.1) is 0 Å². The smallest absolute Gasteiger partial charge is 0.271 e. The monoisotopic (exact) mass is 455 g/mol. The summed E-state index contributed by atoms with van der Waals surface area (Å²) in [6.45, 7) is 5.67. The van der Waals surface area contributed by atoms with E-state index in [1.165, 1.54) is 11.3 Å². The second-order valence-electron chi connectivity index (χ2n) is 6.76. The van der Waals surface area contributed by atoms with Crippen LogP contribution in [-0.4, -0.2) is 27.9 Å².